The molecule has 0 aliphatic carbocycles. The summed E-state index contributed by atoms with van der Waals surface area (Å²) < 4.78 is 0. The van der Waals surface area contributed by atoms with Crippen molar-refractivity contribution in [3.8, 4) is 11.3 Å². The first-order valence-electron chi connectivity index (χ1n) is 15.9. The van der Waals surface area contributed by atoms with Crippen LogP contribution < -0.4 is 0 Å². The molecule has 0 N–H and O–H groups in total. The van der Waals surface area contributed by atoms with Crippen molar-refractivity contribution in [1.82, 2.24) is 4.98 Å². The molecule has 1 heterocycles. The van der Waals surface area contributed by atoms with Crippen LogP contribution in [0.4, 0.5) is 5.82 Å². The molecule has 2 aromatic rings. The minimum Gasteiger partial charge on any atom is -0.465 e. The molecule has 0 aliphatic heterocycles. The Kier molecular flexibility index (Phi) is 22.0. The molecule has 1 aromatic heterocycles. The van der Waals surface area contributed by atoms with Gasteiger partial charge in [-0.2, -0.15) is 0 Å². The third-order valence-electron chi connectivity index (χ3n) is 4.84. The average molecular weight is 806 g/mol. The predicted molar refractivity (Wildman–Crippen MR) is 205 cm³/mol. The summed E-state index contributed by atoms with van der Waals surface area (Å²) in [6, 6.07) is 11.0. The van der Waals surface area contributed by atoms with Gasteiger partial charge in [0.2, 0.25) is 0 Å². The van der Waals surface area contributed by atoms with Gasteiger partial charge in [-0.3, -0.25) is 0 Å². The molecule has 2 rings (SSSR count). The Labute approximate surface area is 293 Å². The van der Waals surface area contributed by atoms with Gasteiger partial charge in [0.25, 0.3) is 0 Å². The van der Waals surface area contributed by atoms with Gasteiger partial charge in [0.1, 0.15) is 0 Å². The van der Waals surface area contributed by atoms with Crippen molar-refractivity contribution in [2.24, 2.45) is 5.41 Å². The minimum absolute atomic E-state index is 0. The van der Waals surface area contributed by atoms with Crippen LogP contribution in [0.15, 0.2) is 30.3 Å². The van der Waals surface area contributed by atoms with E-state index in [4.69, 9.17) is 10.3 Å². The van der Waals surface area contributed by atoms with Gasteiger partial charge in [-0.25, -0.2) is 0 Å². The molecule has 43 heavy (non-hydrogen) atoms. The monoisotopic (exact) mass is 806 g/mol. The first-order chi connectivity index (χ1) is 18.5. The van der Waals surface area contributed by atoms with E-state index in [9.17, 15) is 0 Å². The Morgan fingerprint density at radius 2 is 1.02 bits per heavy atom. The van der Waals surface area contributed by atoms with Crippen LogP contribution in [0.1, 0.15) is 96.8 Å². The quantitative estimate of drug-likeness (QED) is 0.211. The van der Waals surface area contributed by atoms with E-state index in [0.29, 0.717) is 17.8 Å². The summed E-state index contributed by atoms with van der Waals surface area (Å²) in [4.78, 5) is 4.94. The molecule has 0 saturated carbocycles. The summed E-state index contributed by atoms with van der Waals surface area (Å²) in [6.07, 6.45) is 0. The second-order valence-corrected chi connectivity index (χ2v) is 32.8. The molecule has 0 bridgehead atoms. The van der Waals surface area contributed by atoms with Gasteiger partial charge < -0.3 is 29.9 Å². The van der Waals surface area contributed by atoms with E-state index in [1.165, 1.54) is 22.3 Å². The summed E-state index contributed by atoms with van der Waals surface area (Å²) in [6.45, 7) is 52.7. The smallest absolute Gasteiger partial charge is 0 e. The van der Waals surface area contributed by atoms with Gasteiger partial charge in [-0.05, 0) is 57.7 Å². The van der Waals surface area contributed by atoms with Crippen LogP contribution in [0, 0.1) is 25.1 Å². The van der Waals surface area contributed by atoms with Crippen LogP contribution in [0.25, 0.3) is 16.6 Å². The summed E-state index contributed by atoms with van der Waals surface area (Å²) in [5.74, 6) is 2.26. The molecular weight excluding hydrogens is 735 g/mol. The van der Waals surface area contributed by atoms with Crippen LogP contribution >= 0.6 is 0 Å². The number of nitrogens with zero attached hydrogens (tertiary/aromatic N) is 2. The Hall–Kier alpha value is -0.309. The molecule has 1 aromatic carbocycles. The largest absolute Gasteiger partial charge is 0.465 e. The second-order valence-electron chi connectivity index (χ2n) is 17.5. The Balaban J connectivity index is -0.000000826. The predicted octanol–water partition coefficient (Wildman–Crippen LogP) is 13.3. The van der Waals surface area contributed by atoms with Gasteiger partial charge in [-0.15, -0.1) is 24.2 Å². The molecule has 0 fully saturated rings. The Morgan fingerprint density at radius 3 is 1.30 bits per heavy atom. The van der Waals surface area contributed by atoms with Crippen molar-refractivity contribution in [3.05, 3.63) is 72.0 Å². The Bertz CT molecular complexity index is 960. The average Bonchev–Trinajstić information content (AvgIpc) is 2.73. The maximum absolute atomic E-state index is 4.94. The number of pyridine rings is 1. The van der Waals surface area contributed by atoms with Crippen molar-refractivity contribution in [3.63, 3.8) is 0 Å². The molecule has 0 saturated heterocycles. The first-order valence-corrected chi connectivity index (χ1v) is 27.0. The van der Waals surface area contributed by atoms with E-state index in [-0.39, 0.29) is 31.3 Å². The summed E-state index contributed by atoms with van der Waals surface area (Å²) in [5, 5.41) is 4.75. The fourth-order valence-electron chi connectivity index (χ4n) is 3.22. The number of rotatable bonds is 6. The number of hydrogen-bond donors (Lipinski definition) is 0. The van der Waals surface area contributed by atoms with Crippen molar-refractivity contribution >= 4 is 30.0 Å². The van der Waals surface area contributed by atoms with Crippen molar-refractivity contribution in [2.75, 3.05) is 6.54 Å². The van der Waals surface area contributed by atoms with Crippen molar-refractivity contribution in [2.45, 2.75) is 139 Å². The normalized spacial score (nSPS) is 11.9. The van der Waals surface area contributed by atoms with Gasteiger partial charge >= 0.3 is 0 Å². The first kappa shape index (κ1) is 47.1. The van der Waals surface area contributed by atoms with Crippen LogP contribution in [-0.4, -0.2) is 35.8 Å². The van der Waals surface area contributed by atoms with E-state index in [1.807, 2.05) is 6.07 Å². The molecule has 2 nitrogen and oxygen atoms in total. The summed E-state index contributed by atoms with van der Waals surface area (Å²) >= 11 is 0. The zero-order valence-electron chi connectivity index (χ0n) is 31.8. The van der Waals surface area contributed by atoms with E-state index >= 15 is 0 Å². The maximum Gasteiger partial charge on any atom is 0 e. The molecule has 0 unspecified atom stereocenters. The maximum atomic E-state index is 4.94. The number of benzene rings is 1. The molecule has 0 radical (unpaired) electrons. The van der Waals surface area contributed by atoms with Gasteiger partial charge in [0, 0.05) is 25.8 Å². The number of hydrogen-bond acceptors (Lipinski definition) is 1. The molecule has 6 heteroatoms. The molecule has 0 amide bonds. The SMILES string of the molecule is CC(C)c1cc(C(C)C)c(-c2cccc([N-]CC(C)(C)C)n2)c(C(C)C)c1.[CH2-][Si](C)(C)C.[CH2-][Si](C)(C)C.[CH2-][Si](C)(C)C.[Hf]. The minimum atomic E-state index is -0.861. The fraction of sp³-hybridized carbons (Fsp3) is 0.622. The third-order valence-corrected chi connectivity index (χ3v) is 4.84. The standard InChI is InChI=1S/C25H37N2.3C4H11Si.Hf/c1-16(2)19-13-20(17(3)4)24(21(14-19)18(5)6)22-11-10-12-23(27-22)26-15-25(7,8)9;3*1-5(2,3)4;/h10-14,16-18H,15H2,1-9H3;3*1H2,2-4H3;/q4*-1;. The molecular formula is C37H70HfN2Si3-4. The van der Waals surface area contributed by atoms with Gasteiger partial charge in [-0.1, -0.05) is 157 Å². The summed E-state index contributed by atoms with van der Waals surface area (Å²) in [5.41, 5.74) is 6.73. The second kappa shape index (κ2) is 20.0. The van der Waals surface area contributed by atoms with E-state index in [0.717, 1.165) is 18.1 Å². The topological polar surface area (TPSA) is 27.0 Å². The van der Waals surface area contributed by atoms with E-state index in [1.54, 1.807) is 0 Å². The summed E-state index contributed by atoms with van der Waals surface area (Å²) in [7, 11) is -2.58. The number of aromatic nitrogens is 1. The molecule has 0 spiro atoms. The Morgan fingerprint density at radius 1 is 0.674 bits per heavy atom. The van der Waals surface area contributed by atoms with Crippen LogP contribution in [0.3, 0.4) is 0 Å². The van der Waals surface area contributed by atoms with Gasteiger partial charge in [0.05, 0.1) is 0 Å². The zero-order chi connectivity index (χ0) is 33.9. The van der Waals surface area contributed by atoms with Crippen molar-refractivity contribution in [1.29, 1.82) is 0 Å². The van der Waals surface area contributed by atoms with Crippen LogP contribution in [-0.2, 0) is 25.8 Å². The van der Waals surface area contributed by atoms with Crippen molar-refractivity contribution < 1.29 is 25.8 Å². The van der Waals surface area contributed by atoms with Crippen LogP contribution in [0.2, 0.25) is 58.9 Å². The molecule has 0 atom stereocenters. The van der Waals surface area contributed by atoms with E-state index < -0.39 is 24.2 Å². The van der Waals surface area contributed by atoms with Crippen LogP contribution in [0.5, 0.6) is 0 Å². The molecule has 0 aliphatic rings. The third kappa shape index (κ3) is 28.9. The van der Waals surface area contributed by atoms with Gasteiger partial charge in [0.15, 0.2) is 0 Å². The zero-order valence-corrected chi connectivity index (χ0v) is 38.4. The fourth-order valence-corrected chi connectivity index (χ4v) is 3.22. The molecule has 248 valence electrons. The van der Waals surface area contributed by atoms with E-state index in [2.05, 4.69) is 165 Å².